The van der Waals surface area contributed by atoms with Gasteiger partial charge in [0.1, 0.15) is 0 Å². The van der Waals surface area contributed by atoms with Crippen LogP contribution in [-0.4, -0.2) is 17.5 Å². The molecule has 0 aromatic heterocycles. The summed E-state index contributed by atoms with van der Waals surface area (Å²) in [5.74, 6) is 3.24. The molecule has 2 rings (SSSR count). The number of rotatable bonds is 4. The topological polar surface area (TPSA) is 12.0 Å². The Kier molecular flexibility index (Phi) is 4.30. The van der Waals surface area contributed by atoms with Crippen LogP contribution in [0.4, 0.5) is 0 Å². The van der Waals surface area contributed by atoms with Crippen LogP contribution in [0.5, 0.6) is 0 Å². The number of hydrogen-bond donors (Lipinski definition) is 1. The van der Waals surface area contributed by atoms with Gasteiger partial charge in [-0.3, -0.25) is 0 Å². The van der Waals surface area contributed by atoms with Crippen LogP contribution in [0.3, 0.4) is 0 Å². The maximum Gasteiger partial charge on any atom is 0.0208 e. The van der Waals surface area contributed by atoms with Crippen LogP contribution < -0.4 is 5.32 Å². The summed E-state index contributed by atoms with van der Waals surface area (Å²) in [6.07, 6.45) is 1.33. The van der Waals surface area contributed by atoms with E-state index in [2.05, 4.69) is 55.2 Å². The summed E-state index contributed by atoms with van der Waals surface area (Å²) in [5.41, 5.74) is 2.83. The second-order valence-electron chi connectivity index (χ2n) is 4.84. The lowest BCUT2D eigenvalue weighted by atomic mass is 10.0. The third-order valence-electron chi connectivity index (χ3n) is 3.17. The minimum absolute atomic E-state index is 0.633. The Morgan fingerprint density at radius 2 is 2.06 bits per heavy atom. The van der Waals surface area contributed by atoms with Crippen molar-refractivity contribution in [3.05, 3.63) is 35.4 Å². The van der Waals surface area contributed by atoms with Crippen molar-refractivity contribution in [2.24, 2.45) is 0 Å². The molecule has 1 aromatic carbocycles. The molecule has 1 saturated heterocycles. The first-order valence-corrected chi connectivity index (χ1v) is 7.31. The van der Waals surface area contributed by atoms with E-state index >= 15 is 0 Å². The summed E-state index contributed by atoms with van der Waals surface area (Å²) in [7, 11) is 0. The fourth-order valence-electron chi connectivity index (χ4n) is 1.98. The summed E-state index contributed by atoms with van der Waals surface area (Å²) >= 11 is 2.06. The standard InChI is InChI=1S/C14H21NS/c1-11(2)13-5-3-12(4-6-13)9-15-14-7-8-16-10-14/h3-6,11,14-15H,7-10H2,1-2H3. The first kappa shape index (κ1) is 12.0. The van der Waals surface area contributed by atoms with Gasteiger partial charge < -0.3 is 5.32 Å². The van der Waals surface area contributed by atoms with E-state index in [1.165, 1.54) is 29.1 Å². The fourth-order valence-corrected chi connectivity index (χ4v) is 3.16. The molecule has 0 saturated carbocycles. The Labute approximate surface area is 103 Å². The second-order valence-corrected chi connectivity index (χ2v) is 5.99. The van der Waals surface area contributed by atoms with Crippen molar-refractivity contribution in [3.8, 4) is 0 Å². The lowest BCUT2D eigenvalue weighted by Gasteiger charge is -2.12. The van der Waals surface area contributed by atoms with Gasteiger partial charge in [0, 0.05) is 18.3 Å². The maximum atomic E-state index is 3.63. The molecule has 1 nitrogen and oxygen atoms in total. The first-order valence-electron chi connectivity index (χ1n) is 6.15. The quantitative estimate of drug-likeness (QED) is 0.858. The van der Waals surface area contributed by atoms with Crippen LogP contribution >= 0.6 is 11.8 Å². The Balaban J connectivity index is 1.84. The molecule has 0 spiro atoms. The normalized spacial score (nSPS) is 20.6. The Bertz CT molecular complexity index is 312. The third kappa shape index (κ3) is 3.26. The molecule has 2 heteroatoms. The van der Waals surface area contributed by atoms with E-state index in [1.54, 1.807) is 0 Å². The van der Waals surface area contributed by atoms with Gasteiger partial charge in [-0.05, 0) is 29.2 Å². The molecule has 1 aliphatic heterocycles. The Morgan fingerprint density at radius 1 is 1.31 bits per heavy atom. The highest BCUT2D eigenvalue weighted by atomic mass is 32.2. The van der Waals surface area contributed by atoms with Crippen molar-refractivity contribution in [2.75, 3.05) is 11.5 Å². The molecule has 0 aliphatic carbocycles. The summed E-state index contributed by atoms with van der Waals surface area (Å²) in [5, 5.41) is 3.63. The molecule has 0 bridgehead atoms. The highest BCUT2D eigenvalue weighted by molar-refractivity contribution is 7.99. The molecular formula is C14H21NS. The van der Waals surface area contributed by atoms with Crippen LogP contribution in [0.1, 0.15) is 37.3 Å². The number of thioether (sulfide) groups is 1. The first-order chi connectivity index (χ1) is 7.75. The van der Waals surface area contributed by atoms with Gasteiger partial charge in [-0.2, -0.15) is 11.8 Å². The molecule has 1 aliphatic rings. The smallest absolute Gasteiger partial charge is 0.0208 e. The molecule has 1 heterocycles. The zero-order chi connectivity index (χ0) is 11.4. The molecule has 1 fully saturated rings. The molecule has 0 radical (unpaired) electrons. The SMILES string of the molecule is CC(C)c1ccc(CNC2CCSC2)cc1. The monoisotopic (exact) mass is 235 g/mol. The van der Waals surface area contributed by atoms with Gasteiger partial charge in [0.05, 0.1) is 0 Å². The van der Waals surface area contributed by atoms with Crippen LogP contribution in [0.15, 0.2) is 24.3 Å². The molecule has 1 atom stereocenters. The van der Waals surface area contributed by atoms with E-state index in [0.29, 0.717) is 5.92 Å². The van der Waals surface area contributed by atoms with Crippen molar-refractivity contribution in [1.29, 1.82) is 0 Å². The van der Waals surface area contributed by atoms with E-state index in [9.17, 15) is 0 Å². The molecule has 1 N–H and O–H groups in total. The van der Waals surface area contributed by atoms with Crippen LogP contribution in [-0.2, 0) is 6.54 Å². The lowest BCUT2D eigenvalue weighted by molar-refractivity contribution is 0.558. The predicted molar refractivity (Wildman–Crippen MR) is 73.1 cm³/mol. The maximum absolute atomic E-state index is 3.63. The number of hydrogen-bond acceptors (Lipinski definition) is 2. The average Bonchev–Trinajstić information content (AvgIpc) is 2.80. The van der Waals surface area contributed by atoms with Gasteiger partial charge in [-0.25, -0.2) is 0 Å². The summed E-state index contributed by atoms with van der Waals surface area (Å²) in [6, 6.07) is 9.75. The highest BCUT2D eigenvalue weighted by Gasteiger charge is 2.14. The van der Waals surface area contributed by atoms with Gasteiger partial charge in [0.25, 0.3) is 0 Å². The minimum atomic E-state index is 0.633. The number of nitrogens with one attached hydrogen (secondary N) is 1. The summed E-state index contributed by atoms with van der Waals surface area (Å²) in [6.45, 7) is 5.50. The lowest BCUT2D eigenvalue weighted by Crippen LogP contribution is -2.27. The summed E-state index contributed by atoms with van der Waals surface area (Å²) < 4.78 is 0. The molecule has 88 valence electrons. The highest BCUT2D eigenvalue weighted by Crippen LogP contribution is 2.18. The van der Waals surface area contributed by atoms with Crippen LogP contribution in [0, 0.1) is 0 Å². The van der Waals surface area contributed by atoms with Crippen LogP contribution in [0.25, 0.3) is 0 Å². The third-order valence-corrected chi connectivity index (χ3v) is 4.33. The van der Waals surface area contributed by atoms with Gasteiger partial charge in [0.15, 0.2) is 0 Å². The van der Waals surface area contributed by atoms with Crippen molar-refractivity contribution in [1.82, 2.24) is 5.32 Å². The van der Waals surface area contributed by atoms with E-state index < -0.39 is 0 Å². The molecule has 0 amide bonds. The molecular weight excluding hydrogens is 214 g/mol. The average molecular weight is 235 g/mol. The fraction of sp³-hybridized carbons (Fsp3) is 0.571. The second kappa shape index (κ2) is 5.74. The van der Waals surface area contributed by atoms with E-state index in [0.717, 1.165) is 12.6 Å². The van der Waals surface area contributed by atoms with Gasteiger partial charge in [-0.1, -0.05) is 38.1 Å². The van der Waals surface area contributed by atoms with Gasteiger partial charge in [-0.15, -0.1) is 0 Å². The largest absolute Gasteiger partial charge is 0.309 e. The van der Waals surface area contributed by atoms with Crippen molar-refractivity contribution in [3.63, 3.8) is 0 Å². The van der Waals surface area contributed by atoms with Crippen molar-refractivity contribution in [2.45, 2.75) is 38.8 Å². The molecule has 1 unspecified atom stereocenters. The molecule has 1 aromatic rings. The van der Waals surface area contributed by atoms with Crippen LogP contribution in [0.2, 0.25) is 0 Å². The van der Waals surface area contributed by atoms with Crippen molar-refractivity contribution < 1.29 is 0 Å². The Hall–Kier alpha value is -0.470. The van der Waals surface area contributed by atoms with Gasteiger partial charge >= 0.3 is 0 Å². The zero-order valence-electron chi connectivity index (χ0n) is 10.2. The minimum Gasteiger partial charge on any atom is -0.309 e. The van der Waals surface area contributed by atoms with Crippen molar-refractivity contribution >= 4 is 11.8 Å². The zero-order valence-corrected chi connectivity index (χ0v) is 11.0. The van der Waals surface area contributed by atoms with E-state index in [-0.39, 0.29) is 0 Å². The summed E-state index contributed by atoms with van der Waals surface area (Å²) in [4.78, 5) is 0. The molecule has 16 heavy (non-hydrogen) atoms. The van der Waals surface area contributed by atoms with E-state index in [1.807, 2.05) is 0 Å². The number of benzene rings is 1. The van der Waals surface area contributed by atoms with Gasteiger partial charge in [0.2, 0.25) is 0 Å². The van der Waals surface area contributed by atoms with E-state index in [4.69, 9.17) is 0 Å². The Morgan fingerprint density at radius 3 is 2.62 bits per heavy atom. The predicted octanol–water partition coefficient (Wildman–Crippen LogP) is 3.41.